The van der Waals surface area contributed by atoms with Crippen LogP contribution < -0.4 is 20.1 Å². The fraction of sp³-hybridized carbons (Fsp3) is 0.100. The molecule has 1 heterocycles. The van der Waals surface area contributed by atoms with Crippen LogP contribution in [0.2, 0.25) is 0 Å². The number of ether oxygens (including phenoxy) is 2. The molecule has 0 aliphatic rings. The summed E-state index contributed by atoms with van der Waals surface area (Å²) in [6.45, 7) is 0.414. The van der Waals surface area contributed by atoms with Crippen molar-refractivity contribution in [2.24, 2.45) is 0 Å². The summed E-state index contributed by atoms with van der Waals surface area (Å²) in [5.41, 5.74) is 1.67. The highest BCUT2D eigenvalue weighted by molar-refractivity contribution is 5.89. The first-order valence-corrected chi connectivity index (χ1v) is 8.09. The minimum atomic E-state index is -0.271. The topological polar surface area (TPSA) is 72.5 Å². The van der Waals surface area contributed by atoms with Crippen LogP contribution in [0.5, 0.6) is 17.2 Å². The number of pyridine rings is 1. The van der Waals surface area contributed by atoms with Crippen LogP contribution in [0.15, 0.2) is 73.1 Å². The average molecular weight is 349 g/mol. The predicted molar refractivity (Wildman–Crippen MR) is 99.6 cm³/mol. The summed E-state index contributed by atoms with van der Waals surface area (Å²) in [5.74, 6) is 2.19. The van der Waals surface area contributed by atoms with Gasteiger partial charge in [-0.1, -0.05) is 12.1 Å². The molecule has 0 saturated carbocycles. The lowest BCUT2D eigenvalue weighted by atomic mass is 10.2. The second-order valence-corrected chi connectivity index (χ2v) is 5.47. The molecule has 0 saturated heterocycles. The van der Waals surface area contributed by atoms with Gasteiger partial charge in [-0.2, -0.15) is 0 Å². The molecule has 0 radical (unpaired) electrons. The van der Waals surface area contributed by atoms with E-state index in [9.17, 15) is 4.79 Å². The van der Waals surface area contributed by atoms with Gasteiger partial charge < -0.3 is 20.1 Å². The summed E-state index contributed by atoms with van der Waals surface area (Å²) < 4.78 is 10.8. The summed E-state index contributed by atoms with van der Waals surface area (Å²) in [6.07, 6.45) is 3.35. The van der Waals surface area contributed by atoms with Crippen molar-refractivity contribution in [3.63, 3.8) is 0 Å². The van der Waals surface area contributed by atoms with Crippen LogP contribution in [-0.2, 0) is 6.54 Å². The Balaban J connectivity index is 1.48. The monoisotopic (exact) mass is 349 g/mol. The Hall–Kier alpha value is -3.54. The van der Waals surface area contributed by atoms with Crippen molar-refractivity contribution in [1.29, 1.82) is 0 Å². The zero-order valence-electron chi connectivity index (χ0n) is 14.3. The molecule has 1 aromatic heterocycles. The van der Waals surface area contributed by atoms with E-state index in [4.69, 9.17) is 9.47 Å². The summed E-state index contributed by atoms with van der Waals surface area (Å²) >= 11 is 0. The number of urea groups is 1. The molecule has 0 fully saturated rings. The molecule has 26 heavy (non-hydrogen) atoms. The molecule has 6 nitrogen and oxygen atoms in total. The van der Waals surface area contributed by atoms with E-state index >= 15 is 0 Å². The van der Waals surface area contributed by atoms with E-state index in [1.54, 1.807) is 55.9 Å². The van der Waals surface area contributed by atoms with Crippen LogP contribution in [0.25, 0.3) is 0 Å². The van der Waals surface area contributed by atoms with E-state index in [1.807, 2.05) is 24.3 Å². The van der Waals surface area contributed by atoms with Gasteiger partial charge in [-0.15, -0.1) is 0 Å². The van der Waals surface area contributed by atoms with Gasteiger partial charge in [0.15, 0.2) is 0 Å². The molecule has 3 rings (SSSR count). The summed E-state index contributed by atoms with van der Waals surface area (Å²) in [4.78, 5) is 15.9. The number of anilines is 1. The van der Waals surface area contributed by atoms with E-state index in [1.165, 1.54) is 0 Å². The number of aromatic nitrogens is 1. The van der Waals surface area contributed by atoms with Gasteiger partial charge in [-0.3, -0.25) is 4.98 Å². The third kappa shape index (κ3) is 4.98. The summed E-state index contributed by atoms with van der Waals surface area (Å²) in [5, 5.41) is 5.59. The molecular weight excluding hydrogens is 330 g/mol. The number of rotatable bonds is 6. The largest absolute Gasteiger partial charge is 0.497 e. The normalized spacial score (nSPS) is 10.0. The van der Waals surface area contributed by atoms with Gasteiger partial charge in [-0.25, -0.2) is 4.79 Å². The maximum absolute atomic E-state index is 12.0. The standard InChI is InChI=1S/C20H19N3O3/c1-25-17-8-4-16(5-9-17)23-20(24)22-14-15-2-6-18(7-3-15)26-19-10-12-21-13-11-19/h2-13H,14H2,1H3,(H2,22,23,24). The van der Waals surface area contributed by atoms with E-state index in [0.29, 0.717) is 12.2 Å². The van der Waals surface area contributed by atoms with Crippen molar-refractivity contribution >= 4 is 11.7 Å². The lowest BCUT2D eigenvalue weighted by Gasteiger charge is -2.09. The number of methoxy groups -OCH3 is 1. The zero-order chi connectivity index (χ0) is 18.2. The highest BCUT2D eigenvalue weighted by Crippen LogP contribution is 2.20. The first kappa shape index (κ1) is 17.3. The minimum Gasteiger partial charge on any atom is -0.497 e. The van der Waals surface area contributed by atoms with Gasteiger partial charge in [-0.05, 0) is 54.1 Å². The van der Waals surface area contributed by atoms with Gasteiger partial charge in [0.25, 0.3) is 0 Å². The second kappa shape index (κ2) is 8.53. The Morgan fingerprint density at radius 2 is 1.50 bits per heavy atom. The van der Waals surface area contributed by atoms with Crippen molar-refractivity contribution in [3.8, 4) is 17.2 Å². The quantitative estimate of drug-likeness (QED) is 0.699. The Labute approximate surface area is 151 Å². The van der Waals surface area contributed by atoms with Crippen molar-refractivity contribution in [3.05, 3.63) is 78.6 Å². The molecule has 0 atom stereocenters. The molecule has 132 valence electrons. The van der Waals surface area contributed by atoms with Crippen LogP contribution in [0.4, 0.5) is 10.5 Å². The minimum absolute atomic E-state index is 0.271. The predicted octanol–water partition coefficient (Wildman–Crippen LogP) is 4.20. The van der Waals surface area contributed by atoms with Crippen LogP contribution in [0.3, 0.4) is 0 Å². The van der Waals surface area contributed by atoms with Crippen molar-refractivity contribution in [1.82, 2.24) is 10.3 Å². The highest BCUT2D eigenvalue weighted by Gasteiger charge is 2.03. The average Bonchev–Trinajstić information content (AvgIpc) is 2.69. The van der Waals surface area contributed by atoms with Crippen molar-refractivity contribution in [2.75, 3.05) is 12.4 Å². The molecule has 3 aromatic rings. The van der Waals surface area contributed by atoms with Gasteiger partial charge >= 0.3 is 6.03 Å². The maximum Gasteiger partial charge on any atom is 0.319 e. The number of hydrogen-bond donors (Lipinski definition) is 2. The zero-order valence-corrected chi connectivity index (χ0v) is 14.3. The van der Waals surface area contributed by atoms with Gasteiger partial charge in [0, 0.05) is 24.6 Å². The fourth-order valence-corrected chi connectivity index (χ4v) is 2.25. The van der Waals surface area contributed by atoms with Gasteiger partial charge in [0.1, 0.15) is 17.2 Å². The molecule has 0 spiro atoms. The fourth-order valence-electron chi connectivity index (χ4n) is 2.25. The van der Waals surface area contributed by atoms with Crippen LogP contribution >= 0.6 is 0 Å². The number of amides is 2. The van der Waals surface area contributed by atoms with E-state index in [2.05, 4.69) is 15.6 Å². The Bertz CT molecular complexity index is 834. The van der Waals surface area contributed by atoms with E-state index < -0.39 is 0 Å². The van der Waals surface area contributed by atoms with Gasteiger partial charge in [0.2, 0.25) is 0 Å². The van der Waals surface area contributed by atoms with E-state index in [-0.39, 0.29) is 6.03 Å². The van der Waals surface area contributed by atoms with Crippen LogP contribution in [0.1, 0.15) is 5.56 Å². The van der Waals surface area contributed by atoms with Gasteiger partial charge in [0.05, 0.1) is 7.11 Å². The number of nitrogens with zero attached hydrogens (tertiary/aromatic N) is 1. The molecule has 6 heteroatoms. The highest BCUT2D eigenvalue weighted by atomic mass is 16.5. The van der Waals surface area contributed by atoms with Crippen molar-refractivity contribution < 1.29 is 14.3 Å². The number of hydrogen-bond acceptors (Lipinski definition) is 4. The molecule has 2 amide bonds. The Kier molecular flexibility index (Phi) is 5.67. The maximum atomic E-state index is 12.0. The van der Waals surface area contributed by atoms with E-state index in [0.717, 1.165) is 22.8 Å². The third-order valence-corrected chi connectivity index (χ3v) is 3.61. The van der Waals surface area contributed by atoms with Crippen LogP contribution in [-0.4, -0.2) is 18.1 Å². The number of benzene rings is 2. The molecule has 2 N–H and O–H groups in total. The first-order chi connectivity index (χ1) is 12.7. The Morgan fingerprint density at radius 3 is 2.15 bits per heavy atom. The lowest BCUT2D eigenvalue weighted by Crippen LogP contribution is -2.28. The second-order valence-electron chi connectivity index (χ2n) is 5.47. The van der Waals surface area contributed by atoms with Crippen LogP contribution in [0, 0.1) is 0 Å². The first-order valence-electron chi connectivity index (χ1n) is 8.09. The molecular formula is C20H19N3O3. The molecule has 0 unspecified atom stereocenters. The molecule has 2 aromatic carbocycles. The van der Waals surface area contributed by atoms with Crippen molar-refractivity contribution in [2.45, 2.75) is 6.54 Å². The molecule has 0 bridgehead atoms. The SMILES string of the molecule is COc1ccc(NC(=O)NCc2ccc(Oc3ccncc3)cc2)cc1. The number of carbonyl (C=O) groups is 1. The summed E-state index contributed by atoms with van der Waals surface area (Å²) in [7, 11) is 1.60. The lowest BCUT2D eigenvalue weighted by molar-refractivity contribution is 0.251. The molecule has 0 aliphatic carbocycles. The molecule has 0 aliphatic heterocycles. The smallest absolute Gasteiger partial charge is 0.319 e. The Morgan fingerprint density at radius 1 is 0.885 bits per heavy atom. The number of carbonyl (C=O) groups excluding carboxylic acids is 1. The third-order valence-electron chi connectivity index (χ3n) is 3.61. The summed E-state index contributed by atoms with van der Waals surface area (Å²) in [6, 6.07) is 18.0. The number of nitrogens with one attached hydrogen (secondary N) is 2.